The van der Waals surface area contributed by atoms with Gasteiger partial charge in [0.15, 0.2) is 0 Å². The second-order valence-corrected chi connectivity index (χ2v) is 3.75. The first kappa shape index (κ1) is 9.01. The van der Waals surface area contributed by atoms with Crippen LogP contribution in [0.1, 0.15) is 39.5 Å². The summed E-state index contributed by atoms with van der Waals surface area (Å²) in [5.74, 6) is 0. The quantitative estimate of drug-likeness (QED) is 0.631. The van der Waals surface area contributed by atoms with Gasteiger partial charge in [0.05, 0.1) is 11.7 Å². The maximum absolute atomic E-state index is 9.36. The molecule has 1 fully saturated rings. The van der Waals surface area contributed by atoms with E-state index < -0.39 is 5.60 Å². The minimum atomic E-state index is -0.434. The molecule has 1 aliphatic rings. The molecule has 1 N–H and O–H groups in total. The van der Waals surface area contributed by atoms with Crippen molar-refractivity contribution < 1.29 is 9.84 Å². The third kappa shape index (κ3) is 2.80. The van der Waals surface area contributed by atoms with E-state index >= 15 is 0 Å². The summed E-state index contributed by atoms with van der Waals surface area (Å²) >= 11 is 0. The molecule has 1 rings (SSSR count). The minimum absolute atomic E-state index is 0.330. The Morgan fingerprint density at radius 3 is 2.64 bits per heavy atom. The Hall–Kier alpha value is -0.0800. The van der Waals surface area contributed by atoms with Crippen LogP contribution in [0.25, 0.3) is 0 Å². The zero-order valence-electron chi connectivity index (χ0n) is 7.47. The summed E-state index contributed by atoms with van der Waals surface area (Å²) in [7, 11) is 0. The molecule has 0 bridgehead atoms. The standard InChI is InChI=1S/C9H18O2/c1-3-4-5-11-8-6-9(2,10)7-8/h8,10H,3-7H2,1-2H3. The number of hydrogen-bond acceptors (Lipinski definition) is 2. The van der Waals surface area contributed by atoms with Crippen molar-refractivity contribution >= 4 is 0 Å². The summed E-state index contributed by atoms with van der Waals surface area (Å²) in [5, 5.41) is 9.36. The smallest absolute Gasteiger partial charge is 0.0669 e. The zero-order valence-corrected chi connectivity index (χ0v) is 7.47. The molecule has 0 aromatic heterocycles. The van der Waals surface area contributed by atoms with E-state index in [1.54, 1.807) is 0 Å². The number of hydrogen-bond donors (Lipinski definition) is 1. The van der Waals surface area contributed by atoms with E-state index in [4.69, 9.17) is 4.74 Å². The summed E-state index contributed by atoms with van der Waals surface area (Å²) in [5.41, 5.74) is -0.434. The van der Waals surface area contributed by atoms with Crippen molar-refractivity contribution in [3.8, 4) is 0 Å². The molecule has 0 aromatic carbocycles. The summed E-state index contributed by atoms with van der Waals surface area (Å²) in [4.78, 5) is 0. The van der Waals surface area contributed by atoms with Crippen LogP contribution in [0.2, 0.25) is 0 Å². The van der Waals surface area contributed by atoms with Crippen molar-refractivity contribution in [2.45, 2.75) is 51.2 Å². The fourth-order valence-electron chi connectivity index (χ4n) is 1.43. The van der Waals surface area contributed by atoms with E-state index in [1.165, 1.54) is 6.42 Å². The van der Waals surface area contributed by atoms with Crippen LogP contribution in [0.15, 0.2) is 0 Å². The molecule has 0 amide bonds. The highest BCUT2D eigenvalue weighted by Crippen LogP contribution is 2.33. The molecule has 1 aliphatic carbocycles. The van der Waals surface area contributed by atoms with Crippen LogP contribution in [0.4, 0.5) is 0 Å². The van der Waals surface area contributed by atoms with E-state index in [0.717, 1.165) is 25.9 Å². The van der Waals surface area contributed by atoms with Gasteiger partial charge in [0.25, 0.3) is 0 Å². The lowest BCUT2D eigenvalue weighted by atomic mass is 9.79. The van der Waals surface area contributed by atoms with Gasteiger partial charge in [-0.2, -0.15) is 0 Å². The number of rotatable bonds is 4. The van der Waals surface area contributed by atoms with Gasteiger partial charge in [-0.3, -0.25) is 0 Å². The lowest BCUT2D eigenvalue weighted by molar-refractivity contribution is -0.129. The van der Waals surface area contributed by atoms with Gasteiger partial charge in [-0.15, -0.1) is 0 Å². The molecule has 0 unspecified atom stereocenters. The maximum atomic E-state index is 9.36. The molecule has 0 heterocycles. The second kappa shape index (κ2) is 3.55. The van der Waals surface area contributed by atoms with Gasteiger partial charge in [0.1, 0.15) is 0 Å². The lowest BCUT2D eigenvalue weighted by Gasteiger charge is -2.40. The molecule has 0 spiro atoms. The fraction of sp³-hybridized carbons (Fsp3) is 1.00. The van der Waals surface area contributed by atoms with E-state index in [2.05, 4.69) is 6.92 Å². The van der Waals surface area contributed by atoms with Crippen LogP contribution in [0.3, 0.4) is 0 Å². The van der Waals surface area contributed by atoms with E-state index in [-0.39, 0.29) is 0 Å². The number of aliphatic hydroxyl groups is 1. The Balaban J connectivity index is 1.96. The average Bonchev–Trinajstić information content (AvgIpc) is 1.84. The molecular formula is C9H18O2. The van der Waals surface area contributed by atoms with Gasteiger partial charge < -0.3 is 9.84 Å². The average molecular weight is 158 g/mol. The van der Waals surface area contributed by atoms with Crippen molar-refractivity contribution in [3.63, 3.8) is 0 Å². The molecule has 0 aromatic rings. The third-order valence-corrected chi connectivity index (χ3v) is 2.19. The fourth-order valence-corrected chi connectivity index (χ4v) is 1.43. The molecule has 2 heteroatoms. The van der Waals surface area contributed by atoms with Crippen LogP contribution in [-0.2, 0) is 4.74 Å². The first-order valence-electron chi connectivity index (χ1n) is 4.48. The molecule has 1 saturated carbocycles. The Morgan fingerprint density at radius 1 is 1.55 bits per heavy atom. The molecule has 0 saturated heterocycles. The molecule has 66 valence electrons. The van der Waals surface area contributed by atoms with Crippen molar-refractivity contribution in [2.24, 2.45) is 0 Å². The van der Waals surface area contributed by atoms with Crippen molar-refractivity contribution in [2.75, 3.05) is 6.61 Å². The zero-order chi connectivity index (χ0) is 8.32. The first-order valence-corrected chi connectivity index (χ1v) is 4.48. The van der Waals surface area contributed by atoms with Crippen LogP contribution in [-0.4, -0.2) is 23.4 Å². The van der Waals surface area contributed by atoms with Crippen molar-refractivity contribution in [1.29, 1.82) is 0 Å². The van der Waals surface area contributed by atoms with E-state index in [9.17, 15) is 5.11 Å². The predicted octanol–water partition coefficient (Wildman–Crippen LogP) is 1.72. The van der Waals surface area contributed by atoms with E-state index in [1.807, 2.05) is 6.92 Å². The third-order valence-electron chi connectivity index (χ3n) is 2.19. The SMILES string of the molecule is CCCCOC1CC(C)(O)C1. The highest BCUT2D eigenvalue weighted by Gasteiger charge is 2.38. The number of unbranched alkanes of at least 4 members (excludes halogenated alkanes) is 1. The highest BCUT2D eigenvalue weighted by atomic mass is 16.5. The van der Waals surface area contributed by atoms with Crippen molar-refractivity contribution in [3.05, 3.63) is 0 Å². The Kier molecular flexibility index (Phi) is 2.90. The van der Waals surface area contributed by atoms with Crippen molar-refractivity contribution in [1.82, 2.24) is 0 Å². The summed E-state index contributed by atoms with van der Waals surface area (Å²) in [6.45, 7) is 4.88. The summed E-state index contributed by atoms with van der Waals surface area (Å²) in [6.07, 6.45) is 4.28. The molecule has 2 nitrogen and oxygen atoms in total. The second-order valence-electron chi connectivity index (χ2n) is 3.75. The minimum Gasteiger partial charge on any atom is -0.390 e. The topological polar surface area (TPSA) is 29.5 Å². The highest BCUT2D eigenvalue weighted by molar-refractivity contribution is 4.91. The van der Waals surface area contributed by atoms with Gasteiger partial charge in [-0.05, 0) is 13.3 Å². The molecule has 0 aliphatic heterocycles. The molecule has 0 atom stereocenters. The van der Waals surface area contributed by atoms with Gasteiger partial charge in [0.2, 0.25) is 0 Å². The largest absolute Gasteiger partial charge is 0.390 e. The normalized spacial score (nSPS) is 36.8. The van der Waals surface area contributed by atoms with Crippen LogP contribution in [0, 0.1) is 0 Å². The Labute approximate surface area is 68.6 Å². The van der Waals surface area contributed by atoms with Gasteiger partial charge in [-0.1, -0.05) is 13.3 Å². The summed E-state index contributed by atoms with van der Waals surface area (Å²) in [6, 6.07) is 0. The number of ether oxygens (including phenoxy) is 1. The maximum Gasteiger partial charge on any atom is 0.0669 e. The molecular weight excluding hydrogens is 140 g/mol. The van der Waals surface area contributed by atoms with Gasteiger partial charge in [0, 0.05) is 19.4 Å². The molecule has 11 heavy (non-hydrogen) atoms. The van der Waals surface area contributed by atoms with Crippen LogP contribution in [0.5, 0.6) is 0 Å². The predicted molar refractivity (Wildman–Crippen MR) is 44.5 cm³/mol. The Bertz CT molecular complexity index is 113. The van der Waals surface area contributed by atoms with Gasteiger partial charge >= 0.3 is 0 Å². The summed E-state index contributed by atoms with van der Waals surface area (Å²) < 4.78 is 5.49. The van der Waals surface area contributed by atoms with Crippen LogP contribution < -0.4 is 0 Å². The Morgan fingerprint density at radius 2 is 2.18 bits per heavy atom. The van der Waals surface area contributed by atoms with Gasteiger partial charge in [-0.25, -0.2) is 0 Å². The van der Waals surface area contributed by atoms with E-state index in [0.29, 0.717) is 6.10 Å². The monoisotopic (exact) mass is 158 g/mol. The van der Waals surface area contributed by atoms with Crippen LogP contribution >= 0.6 is 0 Å². The first-order chi connectivity index (χ1) is 5.14. The lowest BCUT2D eigenvalue weighted by Crippen LogP contribution is -2.45. The molecule has 0 radical (unpaired) electrons.